The number of hydrogen-bond acceptors (Lipinski definition) is 8. The largest absolute Gasteiger partial charge is 0.339 e. The first-order chi connectivity index (χ1) is 15.6. The predicted molar refractivity (Wildman–Crippen MR) is 127 cm³/mol. The number of halogens is 1. The van der Waals surface area contributed by atoms with Gasteiger partial charge in [-0.05, 0) is 42.0 Å². The van der Waals surface area contributed by atoms with Crippen LogP contribution in [0.2, 0.25) is 5.02 Å². The zero-order valence-electron chi connectivity index (χ0n) is 17.4. The van der Waals surface area contributed by atoms with Gasteiger partial charge in [0.25, 0.3) is 10.2 Å². The second-order valence-electron chi connectivity index (χ2n) is 6.73. The average Bonchev–Trinajstić information content (AvgIpc) is 2.75. The van der Waals surface area contributed by atoms with Crippen LogP contribution in [0.4, 0.5) is 23.1 Å². The Morgan fingerprint density at radius 1 is 0.909 bits per heavy atom. The van der Waals surface area contributed by atoms with Crippen LogP contribution in [0, 0.1) is 0 Å². The van der Waals surface area contributed by atoms with Gasteiger partial charge in [0.1, 0.15) is 5.02 Å². The standard InChI is InChI=1S/C19H22ClN7O4S2/c1-2-23-33(30,31)24-11-13-3-5-14(6-4-13)25-18-17(20)12-22-19(27-18)26-15-7-9-16(10-8-15)32(21,28)29/h3-10,12,23-24H,2,11H2,1H3,(H2,21,28,29)(H2,22,25,26,27). The van der Waals surface area contributed by atoms with E-state index < -0.39 is 20.2 Å². The molecule has 33 heavy (non-hydrogen) atoms. The van der Waals surface area contributed by atoms with Crippen LogP contribution < -0.4 is 25.2 Å². The van der Waals surface area contributed by atoms with E-state index in [0.717, 1.165) is 5.56 Å². The second-order valence-corrected chi connectivity index (χ2v) is 10.3. The van der Waals surface area contributed by atoms with Crippen molar-refractivity contribution in [3.63, 3.8) is 0 Å². The molecule has 0 saturated carbocycles. The zero-order chi connectivity index (χ0) is 24.1. The number of nitrogens with zero attached hydrogens (tertiary/aromatic N) is 2. The fourth-order valence-corrected chi connectivity index (χ4v) is 4.13. The van der Waals surface area contributed by atoms with Crippen LogP contribution in [-0.4, -0.2) is 33.3 Å². The van der Waals surface area contributed by atoms with Gasteiger partial charge in [0.2, 0.25) is 16.0 Å². The van der Waals surface area contributed by atoms with Crippen LogP contribution in [0.25, 0.3) is 0 Å². The number of anilines is 4. The van der Waals surface area contributed by atoms with Gasteiger partial charge in [-0.2, -0.15) is 18.1 Å². The van der Waals surface area contributed by atoms with E-state index in [4.69, 9.17) is 16.7 Å². The molecule has 0 saturated heterocycles. The maximum atomic E-state index is 11.7. The minimum absolute atomic E-state index is 0.00898. The summed E-state index contributed by atoms with van der Waals surface area (Å²) in [6.45, 7) is 2.14. The number of rotatable bonds is 10. The molecule has 0 spiro atoms. The van der Waals surface area contributed by atoms with Crippen molar-refractivity contribution in [1.82, 2.24) is 19.4 Å². The zero-order valence-corrected chi connectivity index (χ0v) is 19.8. The maximum Gasteiger partial charge on any atom is 0.277 e. The third kappa shape index (κ3) is 7.35. The summed E-state index contributed by atoms with van der Waals surface area (Å²) in [4.78, 5) is 8.44. The third-order valence-electron chi connectivity index (χ3n) is 4.20. The van der Waals surface area contributed by atoms with E-state index in [0.29, 0.717) is 23.7 Å². The number of primary sulfonamides is 1. The number of benzene rings is 2. The Kier molecular flexibility index (Phi) is 7.84. The van der Waals surface area contributed by atoms with Gasteiger partial charge in [0.15, 0.2) is 5.82 Å². The molecule has 1 aromatic heterocycles. The highest BCUT2D eigenvalue weighted by Crippen LogP contribution is 2.25. The normalized spacial score (nSPS) is 11.8. The van der Waals surface area contributed by atoms with Gasteiger partial charge in [-0.1, -0.05) is 30.7 Å². The molecular formula is C19H22ClN7O4S2. The molecule has 0 aliphatic rings. The molecule has 0 fully saturated rings. The molecule has 2 aromatic carbocycles. The second kappa shape index (κ2) is 10.4. The minimum Gasteiger partial charge on any atom is -0.339 e. The summed E-state index contributed by atoms with van der Waals surface area (Å²) in [6, 6.07) is 12.8. The summed E-state index contributed by atoms with van der Waals surface area (Å²) in [5.74, 6) is 0.579. The molecule has 0 bridgehead atoms. The number of aromatic nitrogens is 2. The fourth-order valence-electron chi connectivity index (χ4n) is 2.63. The molecule has 3 rings (SSSR count). The van der Waals surface area contributed by atoms with E-state index >= 15 is 0 Å². The Bertz CT molecular complexity index is 1320. The average molecular weight is 512 g/mol. The number of nitrogens with one attached hydrogen (secondary N) is 4. The SMILES string of the molecule is CCNS(=O)(=O)NCc1ccc(Nc2nc(Nc3ccc(S(N)(=O)=O)cc3)ncc2Cl)cc1. The van der Waals surface area contributed by atoms with Gasteiger partial charge in [-0.25, -0.2) is 23.3 Å². The molecule has 0 radical (unpaired) electrons. The molecule has 11 nitrogen and oxygen atoms in total. The first kappa shape index (κ1) is 24.8. The molecular weight excluding hydrogens is 490 g/mol. The summed E-state index contributed by atoms with van der Waals surface area (Å²) >= 11 is 6.20. The lowest BCUT2D eigenvalue weighted by Gasteiger charge is -2.11. The van der Waals surface area contributed by atoms with Crippen LogP contribution in [0.15, 0.2) is 59.6 Å². The molecule has 0 amide bonds. The van der Waals surface area contributed by atoms with E-state index in [2.05, 4.69) is 30.0 Å². The lowest BCUT2D eigenvalue weighted by molar-refractivity contribution is 0.568. The van der Waals surface area contributed by atoms with E-state index in [-0.39, 0.29) is 22.4 Å². The molecule has 6 N–H and O–H groups in total. The fraction of sp³-hybridized carbons (Fsp3) is 0.158. The van der Waals surface area contributed by atoms with Crippen molar-refractivity contribution in [3.8, 4) is 0 Å². The molecule has 3 aromatic rings. The summed E-state index contributed by atoms with van der Waals surface area (Å²) in [6.07, 6.45) is 1.42. The van der Waals surface area contributed by atoms with Crippen LogP contribution in [-0.2, 0) is 26.8 Å². The Hall–Kier alpha value is -2.81. The molecule has 0 unspecified atom stereocenters. The highest BCUT2D eigenvalue weighted by Gasteiger charge is 2.10. The quantitative estimate of drug-likeness (QED) is 0.276. The van der Waals surface area contributed by atoms with Crippen LogP contribution in [0.1, 0.15) is 12.5 Å². The van der Waals surface area contributed by atoms with Gasteiger partial charge in [-0.3, -0.25) is 0 Å². The van der Waals surface area contributed by atoms with Gasteiger partial charge < -0.3 is 10.6 Å². The summed E-state index contributed by atoms with van der Waals surface area (Å²) < 4.78 is 50.9. The monoisotopic (exact) mass is 511 g/mol. The van der Waals surface area contributed by atoms with Crippen LogP contribution in [0.3, 0.4) is 0 Å². The number of hydrogen-bond donors (Lipinski definition) is 5. The molecule has 0 aliphatic heterocycles. The number of sulfonamides is 1. The lowest BCUT2D eigenvalue weighted by Crippen LogP contribution is -2.35. The van der Waals surface area contributed by atoms with Crippen LogP contribution in [0.5, 0.6) is 0 Å². The predicted octanol–water partition coefficient (Wildman–Crippen LogP) is 2.21. The van der Waals surface area contributed by atoms with Gasteiger partial charge in [0, 0.05) is 24.5 Å². The van der Waals surface area contributed by atoms with E-state index in [1.54, 1.807) is 31.2 Å². The Balaban J connectivity index is 1.67. The highest BCUT2D eigenvalue weighted by molar-refractivity contribution is 7.89. The Morgan fingerprint density at radius 2 is 1.52 bits per heavy atom. The van der Waals surface area contributed by atoms with Gasteiger partial charge in [0.05, 0.1) is 11.1 Å². The summed E-state index contributed by atoms with van der Waals surface area (Å²) in [7, 11) is -7.31. The smallest absolute Gasteiger partial charge is 0.277 e. The van der Waals surface area contributed by atoms with Crippen molar-refractivity contribution in [2.45, 2.75) is 18.4 Å². The van der Waals surface area contributed by atoms with Crippen LogP contribution >= 0.6 is 11.6 Å². The first-order valence-electron chi connectivity index (χ1n) is 9.58. The Morgan fingerprint density at radius 3 is 2.12 bits per heavy atom. The van der Waals surface area contributed by atoms with E-state index in [9.17, 15) is 16.8 Å². The Labute approximate surface area is 197 Å². The molecule has 0 atom stereocenters. The van der Waals surface area contributed by atoms with Gasteiger partial charge in [-0.15, -0.1) is 0 Å². The molecule has 1 heterocycles. The number of nitrogens with two attached hydrogens (primary N) is 1. The van der Waals surface area contributed by atoms with Crippen molar-refractivity contribution in [2.24, 2.45) is 5.14 Å². The minimum atomic E-state index is -3.78. The topological polar surface area (TPSA) is 168 Å². The summed E-state index contributed by atoms with van der Waals surface area (Å²) in [5, 5.41) is 11.4. The first-order valence-corrected chi connectivity index (χ1v) is 13.0. The maximum absolute atomic E-state index is 11.7. The molecule has 0 aliphatic carbocycles. The van der Waals surface area contributed by atoms with Crippen molar-refractivity contribution in [3.05, 3.63) is 65.3 Å². The third-order valence-corrected chi connectivity index (χ3v) is 6.60. The summed E-state index contributed by atoms with van der Waals surface area (Å²) in [5.41, 5.74) is 2.00. The van der Waals surface area contributed by atoms with Crippen molar-refractivity contribution in [2.75, 3.05) is 17.2 Å². The van der Waals surface area contributed by atoms with E-state index in [1.165, 1.54) is 30.5 Å². The molecule has 176 valence electrons. The van der Waals surface area contributed by atoms with Gasteiger partial charge >= 0.3 is 0 Å². The van der Waals surface area contributed by atoms with E-state index in [1.807, 2.05) is 0 Å². The van der Waals surface area contributed by atoms with Crippen molar-refractivity contribution in [1.29, 1.82) is 0 Å². The van der Waals surface area contributed by atoms with Crippen molar-refractivity contribution >= 4 is 55.0 Å². The molecule has 14 heteroatoms. The van der Waals surface area contributed by atoms with Crippen molar-refractivity contribution < 1.29 is 16.8 Å². The highest BCUT2D eigenvalue weighted by atomic mass is 35.5. The lowest BCUT2D eigenvalue weighted by atomic mass is 10.2.